The zero-order valence-electron chi connectivity index (χ0n) is 64.8. The van der Waals surface area contributed by atoms with Crippen LogP contribution in [0.4, 0.5) is 0 Å². The summed E-state index contributed by atoms with van der Waals surface area (Å²) in [7, 11) is 0. The van der Waals surface area contributed by atoms with Gasteiger partial charge in [0.15, 0.2) is 0 Å². The van der Waals surface area contributed by atoms with Crippen LogP contribution in [0, 0.1) is 6.07 Å². The fourth-order valence-electron chi connectivity index (χ4n) is 8.05. The molecule has 8 rings (SSSR count). The van der Waals surface area contributed by atoms with Crippen LogP contribution in [0.1, 0.15) is 168 Å². The number of hydrogen-bond donors (Lipinski definition) is 1. The van der Waals surface area contributed by atoms with Crippen molar-refractivity contribution in [2.24, 2.45) is 0 Å². The standard InChI is InChI=1S/C62H68N3O.Pt/c1-58(2,3)44-26-24-39(25-27-44)41-30-31-63-52(35-41)43-32-42(33-46(34-43)60(7,8)9)48-22-19-23-54-55(48)64-57(50-37-47(61(10,11)12)38-51(56(50)66)62(13,14)15)65(54)53-29-28-45(59(4,5)6)36-49(53)40-20-17-16-18-21-40;/h16-31,33-38,66H,1-15H3;/q-1;/i1D3,2D3,3D3,10D3,11D3,12D3,13D3,14D3,15D3;. The number of para-hydroxylation sites is 1. The molecule has 6 aromatic carbocycles. The fourth-order valence-corrected chi connectivity index (χ4v) is 8.05. The molecule has 8 aromatic rings. The monoisotopic (exact) mass is 1090 g/mol. The van der Waals surface area contributed by atoms with Gasteiger partial charge in [-0.05, 0) is 90.8 Å². The van der Waals surface area contributed by atoms with Crippen molar-refractivity contribution in [3.8, 4) is 67.5 Å². The number of benzene rings is 6. The Morgan fingerprint density at radius 3 is 1.78 bits per heavy atom. The van der Waals surface area contributed by atoms with Gasteiger partial charge in [0.2, 0.25) is 0 Å². The SMILES string of the molecule is [2H]C([2H])([2H])C(c1ccc(-c2ccnc(-c3[c-]c(-c4cccc5c4nc(-c4cc(C(C([2H])([2H])[2H])(C([2H])([2H])[2H])C([2H])([2H])[2H])cc(C(C([2H])([2H])[2H])(C([2H])([2H])[2H])C([2H])([2H])[2H])c4O)n5-c4ccc(C(C)(C)C)cc4-c4ccccc4)cc(C(C)(C)C)c3)c2)cc1)(C([2H])([2H])[2H])C([2H])([2H])[2H].[Pt]. The number of hydrogen-bond acceptors (Lipinski definition) is 3. The van der Waals surface area contributed by atoms with Gasteiger partial charge in [0.05, 0.1) is 22.3 Å². The maximum absolute atomic E-state index is 13.1. The Balaban J connectivity index is 0.0000125. The van der Waals surface area contributed by atoms with Gasteiger partial charge < -0.3 is 5.11 Å². The number of rotatable bonds is 6. The average Bonchev–Trinajstić information content (AvgIpc) is 0.782. The van der Waals surface area contributed by atoms with Crippen LogP contribution >= 0.6 is 0 Å². The molecule has 0 aliphatic rings. The molecule has 2 aromatic heterocycles. The summed E-state index contributed by atoms with van der Waals surface area (Å²) in [6.45, 7) is -23.7. The van der Waals surface area contributed by atoms with Crippen molar-refractivity contribution in [2.45, 2.75) is 130 Å². The molecule has 0 unspecified atom stereocenters. The number of phenols is 1. The molecule has 0 aliphatic carbocycles. The Morgan fingerprint density at radius 1 is 0.507 bits per heavy atom. The van der Waals surface area contributed by atoms with E-state index in [2.05, 4.69) is 6.07 Å². The molecule has 0 bridgehead atoms. The molecule has 0 atom stereocenters. The number of pyridine rings is 1. The van der Waals surface area contributed by atoms with E-state index in [-0.39, 0.29) is 49.4 Å². The second-order valence-corrected chi connectivity index (χ2v) is 18.9. The van der Waals surface area contributed by atoms with Gasteiger partial charge in [-0.2, -0.15) is 0 Å². The number of nitrogens with zero attached hydrogens (tertiary/aromatic N) is 3. The summed E-state index contributed by atoms with van der Waals surface area (Å²) in [4.78, 5) is 9.85. The van der Waals surface area contributed by atoms with Crippen molar-refractivity contribution in [3.05, 3.63) is 167 Å². The van der Waals surface area contributed by atoms with Gasteiger partial charge in [0.1, 0.15) is 11.6 Å². The quantitative estimate of drug-likeness (QED) is 0.169. The topological polar surface area (TPSA) is 50.9 Å². The van der Waals surface area contributed by atoms with E-state index < -0.39 is 123 Å². The van der Waals surface area contributed by atoms with Gasteiger partial charge >= 0.3 is 0 Å². The number of aromatic nitrogens is 3. The molecule has 0 fully saturated rings. The molecular weight excluding hydrogens is 998 g/mol. The van der Waals surface area contributed by atoms with Gasteiger partial charge in [-0.15, -0.1) is 29.3 Å². The Bertz CT molecular complexity index is 4000. The summed E-state index contributed by atoms with van der Waals surface area (Å²) in [5.74, 6) is -1.94. The molecule has 0 spiro atoms. The number of phenolic OH excluding ortho intramolecular Hbond substituents is 1. The first kappa shape index (κ1) is 25.2. The summed E-state index contributed by atoms with van der Waals surface area (Å²) >= 11 is 0. The zero-order chi connectivity index (χ0) is 70.2. The summed E-state index contributed by atoms with van der Waals surface area (Å²) in [6.07, 6.45) is 1.48. The molecule has 5 heteroatoms. The second-order valence-electron chi connectivity index (χ2n) is 18.9. The zero-order valence-corrected chi connectivity index (χ0v) is 40.1. The maximum atomic E-state index is 13.1. The van der Waals surface area contributed by atoms with Crippen molar-refractivity contribution in [1.82, 2.24) is 14.5 Å². The smallest absolute Gasteiger partial charge is 0.148 e. The van der Waals surface area contributed by atoms with Gasteiger partial charge in [-0.25, -0.2) is 4.98 Å². The van der Waals surface area contributed by atoms with E-state index in [0.29, 0.717) is 50.7 Å². The molecule has 2 heterocycles. The van der Waals surface area contributed by atoms with Gasteiger partial charge in [-0.1, -0.05) is 199 Å². The van der Waals surface area contributed by atoms with Crippen molar-refractivity contribution < 1.29 is 63.2 Å². The molecule has 0 radical (unpaired) electrons. The van der Waals surface area contributed by atoms with Crippen LogP contribution in [0.2, 0.25) is 0 Å². The number of imidazole rings is 1. The summed E-state index contributed by atoms with van der Waals surface area (Å²) in [5, 5.41) is 13.1. The van der Waals surface area contributed by atoms with Crippen molar-refractivity contribution >= 4 is 11.0 Å². The minimum atomic E-state index is -4.21. The Kier molecular flexibility index (Phi) is 6.69. The van der Waals surface area contributed by atoms with E-state index in [0.717, 1.165) is 17.7 Å². The summed E-state index contributed by atoms with van der Waals surface area (Å²) < 4.78 is 234. The maximum Gasteiger partial charge on any atom is 0.148 e. The van der Waals surface area contributed by atoms with E-state index in [4.69, 9.17) is 47.0 Å². The van der Waals surface area contributed by atoms with E-state index in [1.165, 1.54) is 22.9 Å². The third-order valence-corrected chi connectivity index (χ3v) is 11.8. The van der Waals surface area contributed by atoms with Gasteiger partial charge in [0.25, 0.3) is 0 Å². The molecular formula is C62H68N3OPt-. The van der Waals surface area contributed by atoms with Crippen molar-refractivity contribution in [3.63, 3.8) is 0 Å². The van der Waals surface area contributed by atoms with Crippen molar-refractivity contribution in [2.75, 3.05) is 0 Å². The van der Waals surface area contributed by atoms with E-state index in [1.807, 2.05) is 59.7 Å². The average molecular weight is 1090 g/mol. The third-order valence-electron chi connectivity index (χ3n) is 11.8. The Morgan fingerprint density at radius 2 is 1.12 bits per heavy atom. The fraction of sp³-hybridized carbons (Fsp3) is 0.323. The van der Waals surface area contributed by atoms with Crippen LogP contribution in [0.5, 0.6) is 5.75 Å². The van der Waals surface area contributed by atoms with Crippen molar-refractivity contribution in [1.29, 1.82) is 0 Å². The van der Waals surface area contributed by atoms with Crippen LogP contribution in [0.15, 0.2) is 134 Å². The first-order valence-electron chi connectivity index (χ1n) is 34.8. The number of aromatic hydroxyl groups is 1. The minimum Gasteiger partial charge on any atom is -0.507 e. The third kappa shape index (κ3) is 10.0. The Labute approximate surface area is 453 Å². The van der Waals surface area contributed by atoms with Crippen LogP contribution < -0.4 is 0 Å². The largest absolute Gasteiger partial charge is 0.507 e. The predicted molar refractivity (Wildman–Crippen MR) is 280 cm³/mol. The second kappa shape index (κ2) is 17.8. The summed E-state index contributed by atoms with van der Waals surface area (Å²) in [5.41, 5.74) is -11.7. The molecule has 0 saturated heterocycles. The van der Waals surface area contributed by atoms with Crippen LogP contribution in [-0.4, -0.2) is 19.6 Å². The number of fused-ring (bicyclic) bond motifs is 1. The molecule has 67 heavy (non-hydrogen) atoms. The van der Waals surface area contributed by atoms with Gasteiger partial charge in [0, 0.05) is 81.1 Å². The molecule has 4 nitrogen and oxygen atoms in total. The molecule has 0 aliphatic heterocycles. The van der Waals surface area contributed by atoms with E-state index in [1.54, 1.807) is 72.8 Å². The first-order valence-corrected chi connectivity index (χ1v) is 21.3. The van der Waals surface area contributed by atoms with Crippen LogP contribution in [0.3, 0.4) is 0 Å². The molecule has 1 N–H and O–H groups in total. The first-order chi connectivity index (χ1) is 42.0. The van der Waals surface area contributed by atoms with E-state index >= 15 is 0 Å². The summed E-state index contributed by atoms with van der Waals surface area (Å²) in [6, 6.07) is 35.6. The predicted octanol–water partition coefficient (Wildman–Crippen LogP) is 16.7. The Hall–Kier alpha value is -5.57. The molecule has 0 amide bonds. The molecule has 348 valence electrons. The van der Waals surface area contributed by atoms with Crippen LogP contribution in [-0.2, 0) is 48.1 Å². The minimum absolute atomic E-state index is 0. The normalized spacial score (nSPS) is 20.3. The van der Waals surface area contributed by atoms with Crippen LogP contribution in [0.25, 0.3) is 72.7 Å². The van der Waals surface area contributed by atoms with Gasteiger partial charge in [-0.3, -0.25) is 9.55 Å². The molecule has 0 saturated carbocycles. The van der Waals surface area contributed by atoms with E-state index in [9.17, 15) is 5.11 Å².